The smallest absolute Gasteiger partial charge is 0.384 e. The van der Waals surface area contributed by atoms with Gasteiger partial charge in [-0.2, -0.15) is 0 Å². The van der Waals surface area contributed by atoms with E-state index < -0.39 is 17.0 Å². The van der Waals surface area contributed by atoms with Gasteiger partial charge in [-0.1, -0.05) is 6.07 Å². The van der Waals surface area contributed by atoms with Crippen molar-refractivity contribution in [1.82, 2.24) is 4.98 Å². The molecule has 1 aromatic heterocycles. The maximum absolute atomic E-state index is 11.9. The standard InChI is InChI=1S/C11H8FNO4/c1-16-8-4-2-3-6-9(8)13-5-7(10(6)14)11(15)17-12/h2-5H,1H3,(H,13,14). The molecule has 1 aromatic carbocycles. The molecular weight excluding hydrogens is 229 g/mol. The first-order chi connectivity index (χ1) is 8.19. The lowest BCUT2D eigenvalue weighted by Gasteiger charge is -2.05. The van der Waals surface area contributed by atoms with Gasteiger partial charge in [0.15, 0.2) is 0 Å². The number of hydrogen-bond donors (Lipinski definition) is 1. The fraction of sp³-hybridized carbons (Fsp3) is 0.0909. The summed E-state index contributed by atoms with van der Waals surface area (Å²) in [4.78, 5) is 28.6. The average molecular weight is 237 g/mol. The van der Waals surface area contributed by atoms with E-state index in [0.717, 1.165) is 6.20 Å². The van der Waals surface area contributed by atoms with Crippen LogP contribution in [0.4, 0.5) is 4.53 Å². The highest BCUT2D eigenvalue weighted by Crippen LogP contribution is 2.20. The summed E-state index contributed by atoms with van der Waals surface area (Å²) in [5, 5.41) is 0.229. The number of methoxy groups -OCH3 is 1. The SMILES string of the molecule is COc1cccc2c(=O)c(C(=O)OF)c[nH]c12. The number of carbonyl (C=O) groups excluding carboxylic acids is 1. The lowest BCUT2D eigenvalue weighted by atomic mass is 10.1. The van der Waals surface area contributed by atoms with E-state index in [1.165, 1.54) is 13.2 Å². The van der Waals surface area contributed by atoms with Gasteiger partial charge in [0.2, 0.25) is 5.43 Å². The lowest BCUT2D eigenvalue weighted by molar-refractivity contribution is -0.0789. The van der Waals surface area contributed by atoms with E-state index in [9.17, 15) is 14.1 Å². The second-order valence-corrected chi connectivity index (χ2v) is 3.28. The number of benzene rings is 1. The van der Waals surface area contributed by atoms with Crippen LogP contribution in [0.25, 0.3) is 10.9 Å². The highest BCUT2D eigenvalue weighted by atomic mass is 19.3. The van der Waals surface area contributed by atoms with Crippen molar-refractivity contribution >= 4 is 16.9 Å². The van der Waals surface area contributed by atoms with Gasteiger partial charge in [-0.15, -0.1) is 0 Å². The molecule has 0 radical (unpaired) electrons. The van der Waals surface area contributed by atoms with Gasteiger partial charge in [-0.05, 0) is 12.1 Å². The molecule has 0 atom stereocenters. The minimum Gasteiger partial charge on any atom is -0.495 e. The minimum atomic E-state index is -1.32. The van der Waals surface area contributed by atoms with Gasteiger partial charge in [0.1, 0.15) is 11.3 Å². The molecule has 0 saturated heterocycles. The number of para-hydroxylation sites is 1. The molecule has 17 heavy (non-hydrogen) atoms. The second kappa shape index (κ2) is 4.25. The van der Waals surface area contributed by atoms with E-state index >= 15 is 0 Å². The van der Waals surface area contributed by atoms with Crippen LogP contribution in [0.5, 0.6) is 5.75 Å². The molecule has 0 amide bonds. The zero-order chi connectivity index (χ0) is 12.4. The van der Waals surface area contributed by atoms with Crippen molar-refractivity contribution < 1.29 is 19.0 Å². The van der Waals surface area contributed by atoms with Crippen molar-refractivity contribution in [1.29, 1.82) is 0 Å². The van der Waals surface area contributed by atoms with Crippen molar-refractivity contribution in [3.8, 4) is 5.75 Å². The Morgan fingerprint density at radius 3 is 2.82 bits per heavy atom. The number of pyridine rings is 1. The fourth-order valence-electron chi connectivity index (χ4n) is 1.59. The quantitative estimate of drug-likeness (QED) is 0.860. The molecule has 0 aliphatic rings. The molecule has 0 spiro atoms. The lowest BCUT2D eigenvalue weighted by Crippen LogP contribution is -2.16. The summed E-state index contributed by atoms with van der Waals surface area (Å²) in [5.41, 5.74) is -0.566. The van der Waals surface area contributed by atoms with Crippen molar-refractivity contribution in [2.24, 2.45) is 0 Å². The Morgan fingerprint density at radius 2 is 2.18 bits per heavy atom. The molecule has 2 aromatic rings. The van der Waals surface area contributed by atoms with Crippen LogP contribution in [0.15, 0.2) is 29.2 Å². The number of fused-ring (bicyclic) bond motifs is 1. The molecule has 0 unspecified atom stereocenters. The van der Waals surface area contributed by atoms with Crippen molar-refractivity contribution in [2.75, 3.05) is 7.11 Å². The molecule has 88 valence electrons. The first kappa shape index (κ1) is 11.1. The summed E-state index contributed by atoms with van der Waals surface area (Å²) >= 11 is 0. The summed E-state index contributed by atoms with van der Waals surface area (Å²) < 4.78 is 16.8. The van der Waals surface area contributed by atoms with E-state index in [2.05, 4.69) is 9.93 Å². The molecule has 0 fully saturated rings. The predicted molar refractivity (Wildman–Crippen MR) is 57.6 cm³/mol. The average Bonchev–Trinajstić information content (AvgIpc) is 2.38. The van der Waals surface area contributed by atoms with Crippen molar-refractivity contribution in [3.63, 3.8) is 0 Å². The first-order valence-electron chi connectivity index (χ1n) is 4.70. The topological polar surface area (TPSA) is 68.4 Å². The monoisotopic (exact) mass is 237 g/mol. The van der Waals surface area contributed by atoms with E-state index in [-0.39, 0.29) is 5.39 Å². The third-order valence-electron chi connectivity index (χ3n) is 2.39. The molecule has 0 aliphatic carbocycles. The Labute approximate surface area is 94.7 Å². The van der Waals surface area contributed by atoms with Crippen LogP contribution in [0.1, 0.15) is 10.4 Å². The van der Waals surface area contributed by atoms with Crippen LogP contribution in [0.2, 0.25) is 0 Å². The fourth-order valence-corrected chi connectivity index (χ4v) is 1.59. The van der Waals surface area contributed by atoms with Crippen LogP contribution in [-0.2, 0) is 4.94 Å². The summed E-state index contributed by atoms with van der Waals surface area (Å²) in [6.07, 6.45) is 1.09. The molecule has 1 N–H and O–H groups in total. The zero-order valence-corrected chi connectivity index (χ0v) is 8.82. The largest absolute Gasteiger partial charge is 0.495 e. The van der Waals surface area contributed by atoms with E-state index in [1.54, 1.807) is 12.1 Å². The number of carbonyl (C=O) groups is 1. The summed E-state index contributed by atoms with van der Waals surface area (Å²) in [7, 11) is 1.46. The molecule has 0 bridgehead atoms. The summed E-state index contributed by atoms with van der Waals surface area (Å²) in [6, 6.07) is 4.76. The molecule has 1 heterocycles. The molecular formula is C11H8FNO4. The highest BCUT2D eigenvalue weighted by Gasteiger charge is 2.16. The Bertz CT molecular complexity index is 635. The molecule has 0 saturated carbocycles. The minimum absolute atomic E-state index is 0.229. The van der Waals surface area contributed by atoms with Crippen molar-refractivity contribution in [2.45, 2.75) is 0 Å². The number of halogens is 1. The summed E-state index contributed by atoms with van der Waals surface area (Å²) in [6.45, 7) is 0. The number of ether oxygens (including phenoxy) is 1. The number of aromatic nitrogens is 1. The van der Waals surface area contributed by atoms with Gasteiger partial charge >= 0.3 is 5.97 Å². The highest BCUT2D eigenvalue weighted by molar-refractivity contribution is 5.94. The zero-order valence-electron chi connectivity index (χ0n) is 8.82. The maximum Gasteiger partial charge on any atom is 0.384 e. The van der Waals surface area contributed by atoms with Gasteiger partial charge in [-0.3, -0.25) is 4.79 Å². The molecule has 5 nitrogen and oxygen atoms in total. The van der Waals surface area contributed by atoms with Gasteiger partial charge < -0.3 is 9.72 Å². The van der Waals surface area contributed by atoms with Gasteiger partial charge in [0.25, 0.3) is 0 Å². The Morgan fingerprint density at radius 1 is 1.41 bits per heavy atom. The number of aromatic amines is 1. The Kier molecular flexibility index (Phi) is 2.78. The number of H-pyrrole nitrogens is 1. The van der Waals surface area contributed by atoms with Gasteiger partial charge in [0.05, 0.1) is 18.0 Å². The number of rotatable bonds is 2. The maximum atomic E-state index is 11.9. The van der Waals surface area contributed by atoms with Crippen LogP contribution >= 0.6 is 0 Å². The van der Waals surface area contributed by atoms with Crippen LogP contribution < -0.4 is 10.2 Å². The van der Waals surface area contributed by atoms with Crippen LogP contribution in [0, 0.1) is 0 Å². The van der Waals surface area contributed by atoms with E-state index in [1.807, 2.05) is 0 Å². The van der Waals surface area contributed by atoms with Crippen LogP contribution in [-0.4, -0.2) is 18.1 Å². The van der Waals surface area contributed by atoms with Gasteiger partial charge in [0, 0.05) is 10.7 Å². The Hall–Kier alpha value is -2.37. The number of hydrogen-bond acceptors (Lipinski definition) is 4. The third-order valence-corrected chi connectivity index (χ3v) is 2.39. The van der Waals surface area contributed by atoms with E-state index in [0.29, 0.717) is 11.3 Å². The van der Waals surface area contributed by atoms with Crippen molar-refractivity contribution in [3.05, 3.63) is 40.2 Å². The Balaban J connectivity index is 2.78. The third kappa shape index (κ3) is 1.73. The normalized spacial score (nSPS) is 10.2. The van der Waals surface area contributed by atoms with Gasteiger partial charge in [-0.25, -0.2) is 9.74 Å². The summed E-state index contributed by atoms with van der Waals surface area (Å²) in [5.74, 6) is -0.865. The molecule has 0 aliphatic heterocycles. The van der Waals surface area contributed by atoms with E-state index in [4.69, 9.17) is 4.74 Å². The first-order valence-corrected chi connectivity index (χ1v) is 4.70. The molecule has 2 rings (SSSR count). The second-order valence-electron chi connectivity index (χ2n) is 3.28. The molecule has 6 heteroatoms. The predicted octanol–water partition coefficient (Wildman–Crippen LogP) is 1.58. The number of nitrogens with one attached hydrogen (secondary N) is 1. The van der Waals surface area contributed by atoms with Crippen LogP contribution in [0.3, 0.4) is 0 Å².